The molecule has 1 aliphatic carbocycles. The second-order valence-corrected chi connectivity index (χ2v) is 7.55. The number of nitrogens with zero attached hydrogens (tertiary/aromatic N) is 3. The van der Waals surface area contributed by atoms with E-state index in [4.69, 9.17) is 16.3 Å². The Hall–Kier alpha value is -2.26. The van der Waals surface area contributed by atoms with E-state index in [9.17, 15) is 9.59 Å². The van der Waals surface area contributed by atoms with Gasteiger partial charge in [-0.25, -0.2) is 9.18 Å². The van der Waals surface area contributed by atoms with Crippen LogP contribution in [-0.2, 0) is 0 Å². The van der Waals surface area contributed by atoms with Crippen molar-refractivity contribution in [2.24, 2.45) is 11.7 Å². The van der Waals surface area contributed by atoms with Gasteiger partial charge in [-0.05, 0) is 38.2 Å². The lowest BCUT2D eigenvalue weighted by Crippen LogP contribution is -2.44. The number of halogens is 2. The van der Waals surface area contributed by atoms with Crippen LogP contribution in [-0.4, -0.2) is 35.5 Å². The molecule has 2 aliphatic rings. The predicted molar refractivity (Wildman–Crippen MR) is 109 cm³/mol. The lowest BCUT2D eigenvalue weighted by atomic mass is 10.0. The second kappa shape index (κ2) is 7.29. The molecule has 2 heterocycles. The van der Waals surface area contributed by atoms with Crippen LogP contribution in [0.3, 0.4) is 0 Å². The van der Waals surface area contributed by atoms with Crippen molar-refractivity contribution in [1.82, 2.24) is 9.24 Å². The molecule has 8 nitrogen and oxygen atoms in total. The van der Waals surface area contributed by atoms with E-state index in [1.54, 1.807) is 0 Å². The first-order chi connectivity index (χ1) is 12.8. The van der Waals surface area contributed by atoms with Crippen molar-refractivity contribution in [3.05, 3.63) is 32.7 Å². The van der Waals surface area contributed by atoms with Crippen molar-refractivity contribution in [3.8, 4) is 5.75 Å². The zero-order chi connectivity index (χ0) is 19.5. The molecule has 10 heteroatoms. The minimum absolute atomic E-state index is 0. The number of hydrogen-bond acceptors (Lipinski definition) is 6. The molecule has 1 saturated carbocycles. The number of fused-ring (bicyclic) bond motifs is 1. The average molecular weight is 414 g/mol. The van der Waals surface area contributed by atoms with Crippen LogP contribution >= 0.6 is 12.4 Å². The average Bonchev–Trinajstić information content (AvgIpc) is 3.35. The van der Waals surface area contributed by atoms with Crippen LogP contribution in [0.25, 0.3) is 10.9 Å². The van der Waals surface area contributed by atoms with Gasteiger partial charge in [-0.1, -0.05) is 0 Å². The van der Waals surface area contributed by atoms with E-state index in [0.717, 1.165) is 25.3 Å². The van der Waals surface area contributed by atoms with Gasteiger partial charge >= 0.3 is 5.69 Å². The maximum atomic E-state index is 15.1. The number of nitrogens with two attached hydrogens (primary N) is 2. The van der Waals surface area contributed by atoms with E-state index < -0.39 is 17.1 Å². The third kappa shape index (κ3) is 3.02. The Kier molecular flexibility index (Phi) is 5.33. The first kappa shape index (κ1) is 20.5. The lowest BCUT2D eigenvalue weighted by molar-refractivity contribution is 0.412. The van der Waals surface area contributed by atoms with Gasteiger partial charge in [-0.2, -0.15) is 4.68 Å². The van der Waals surface area contributed by atoms with Crippen LogP contribution < -0.4 is 32.5 Å². The Morgan fingerprint density at radius 1 is 1.29 bits per heavy atom. The maximum Gasteiger partial charge on any atom is 0.350 e. The molecule has 1 aliphatic heterocycles. The summed E-state index contributed by atoms with van der Waals surface area (Å²) >= 11 is 0. The summed E-state index contributed by atoms with van der Waals surface area (Å²) in [6.07, 6.45) is 2.46. The number of rotatable bonds is 4. The Balaban J connectivity index is 0.00000225. The number of methoxy groups -OCH3 is 1. The number of anilines is 1. The minimum atomic E-state index is -0.731. The first-order valence-corrected chi connectivity index (χ1v) is 9.18. The molecule has 1 aromatic carbocycles. The van der Waals surface area contributed by atoms with Crippen molar-refractivity contribution in [3.63, 3.8) is 0 Å². The monoisotopic (exact) mass is 413 g/mol. The minimum Gasteiger partial charge on any atom is -0.492 e. The summed E-state index contributed by atoms with van der Waals surface area (Å²) in [6.45, 7) is 3.17. The molecule has 2 atom stereocenters. The SMILES string of the molecule is COc1c(N2CC[C@@H]([C@H](C)N)C2)c(F)cc2c(=O)n(N)c(=O)n(C3CC3)c12.Cl. The molecule has 28 heavy (non-hydrogen) atoms. The first-order valence-electron chi connectivity index (χ1n) is 9.18. The number of benzene rings is 1. The van der Waals surface area contributed by atoms with Crippen LogP contribution in [0.15, 0.2) is 15.7 Å². The van der Waals surface area contributed by atoms with Gasteiger partial charge < -0.3 is 21.2 Å². The summed E-state index contributed by atoms with van der Waals surface area (Å²) < 4.78 is 22.6. The smallest absolute Gasteiger partial charge is 0.350 e. The number of hydrogen-bond donors (Lipinski definition) is 2. The van der Waals surface area contributed by atoms with E-state index in [-0.39, 0.29) is 47.2 Å². The van der Waals surface area contributed by atoms with E-state index in [2.05, 4.69) is 0 Å². The van der Waals surface area contributed by atoms with Gasteiger partial charge in [0.2, 0.25) is 0 Å². The highest BCUT2D eigenvalue weighted by Gasteiger charge is 2.34. The normalized spacial score (nSPS) is 20.3. The third-order valence-electron chi connectivity index (χ3n) is 5.69. The van der Waals surface area contributed by atoms with Gasteiger partial charge in [0.15, 0.2) is 11.6 Å². The molecule has 154 valence electrons. The van der Waals surface area contributed by atoms with Gasteiger partial charge in [0.1, 0.15) is 11.2 Å². The van der Waals surface area contributed by atoms with Crippen LogP contribution in [0.2, 0.25) is 0 Å². The van der Waals surface area contributed by atoms with Gasteiger partial charge in [0.05, 0.1) is 12.5 Å². The standard InChI is InChI=1S/C18H24FN5O3.ClH/c1-9(20)10-5-6-22(8-10)15-13(19)7-12-14(16(15)27-2)23(11-3-4-11)18(26)24(21)17(12)25;/h7,9-11H,3-6,8,20-21H2,1-2H3;1H/t9-,10+;/m0./s1. The van der Waals surface area contributed by atoms with Crippen LogP contribution in [0.4, 0.5) is 10.1 Å². The molecule has 2 fully saturated rings. The van der Waals surface area contributed by atoms with E-state index in [0.29, 0.717) is 23.3 Å². The van der Waals surface area contributed by atoms with Crippen LogP contribution in [0.5, 0.6) is 5.75 Å². The highest BCUT2D eigenvalue weighted by Crippen LogP contribution is 2.43. The zero-order valence-corrected chi connectivity index (χ0v) is 16.7. The quantitative estimate of drug-likeness (QED) is 0.722. The largest absolute Gasteiger partial charge is 0.492 e. The molecule has 4 rings (SSSR count). The van der Waals surface area contributed by atoms with Gasteiger partial charge in [-0.3, -0.25) is 9.36 Å². The molecule has 4 N–H and O–H groups in total. The van der Waals surface area contributed by atoms with E-state index in [1.807, 2.05) is 11.8 Å². The van der Waals surface area contributed by atoms with E-state index in [1.165, 1.54) is 11.7 Å². The topological polar surface area (TPSA) is 109 Å². The van der Waals surface area contributed by atoms with Crippen molar-refractivity contribution in [2.45, 2.75) is 38.3 Å². The van der Waals surface area contributed by atoms with Crippen molar-refractivity contribution < 1.29 is 9.13 Å². The van der Waals surface area contributed by atoms with Gasteiger partial charge in [-0.15, -0.1) is 12.4 Å². The molecule has 1 aromatic heterocycles. The second-order valence-electron chi connectivity index (χ2n) is 7.55. The summed E-state index contributed by atoms with van der Waals surface area (Å²) in [4.78, 5) is 27.0. The summed E-state index contributed by atoms with van der Waals surface area (Å²) in [5, 5.41) is 0.0463. The Morgan fingerprint density at radius 3 is 2.50 bits per heavy atom. The van der Waals surface area contributed by atoms with Gasteiger partial charge in [0, 0.05) is 25.2 Å². The maximum absolute atomic E-state index is 15.1. The fourth-order valence-electron chi connectivity index (χ4n) is 4.02. The predicted octanol–water partition coefficient (Wildman–Crippen LogP) is 0.955. The summed E-state index contributed by atoms with van der Waals surface area (Å²) in [5.41, 5.74) is 5.26. The Morgan fingerprint density at radius 2 is 1.96 bits per heavy atom. The van der Waals surface area contributed by atoms with Crippen molar-refractivity contribution in [2.75, 3.05) is 30.9 Å². The molecule has 0 spiro atoms. The summed E-state index contributed by atoms with van der Waals surface area (Å²) in [5.74, 6) is 5.53. The summed E-state index contributed by atoms with van der Waals surface area (Å²) in [7, 11) is 1.42. The highest BCUT2D eigenvalue weighted by molar-refractivity contribution is 5.91. The number of nitrogen functional groups attached to an aromatic ring is 1. The highest BCUT2D eigenvalue weighted by atomic mass is 35.5. The fourth-order valence-corrected chi connectivity index (χ4v) is 4.02. The Bertz CT molecular complexity index is 1030. The lowest BCUT2D eigenvalue weighted by Gasteiger charge is -2.25. The molecule has 0 radical (unpaired) electrons. The molecule has 0 amide bonds. The molecule has 2 aromatic rings. The summed E-state index contributed by atoms with van der Waals surface area (Å²) in [6, 6.07) is 1.10. The molecular formula is C18H25ClFN5O3. The molecule has 0 bridgehead atoms. The molecule has 1 saturated heterocycles. The van der Waals surface area contributed by atoms with Crippen LogP contribution in [0.1, 0.15) is 32.2 Å². The Labute approximate surface area is 167 Å². The van der Waals surface area contributed by atoms with Crippen molar-refractivity contribution >= 4 is 29.0 Å². The molecule has 0 unspecified atom stereocenters. The molecular weight excluding hydrogens is 389 g/mol. The van der Waals surface area contributed by atoms with Gasteiger partial charge in [0.25, 0.3) is 5.56 Å². The van der Waals surface area contributed by atoms with E-state index >= 15 is 4.39 Å². The van der Waals surface area contributed by atoms with Crippen LogP contribution in [0, 0.1) is 11.7 Å². The van der Waals surface area contributed by atoms with Crippen molar-refractivity contribution in [1.29, 1.82) is 0 Å². The third-order valence-corrected chi connectivity index (χ3v) is 5.69. The fraction of sp³-hybridized carbons (Fsp3) is 0.556. The number of ether oxygens (including phenoxy) is 1. The number of aromatic nitrogens is 2. The zero-order valence-electron chi connectivity index (χ0n) is 15.9.